The van der Waals surface area contributed by atoms with Gasteiger partial charge in [0.25, 0.3) is 5.91 Å². The number of para-hydroxylation sites is 1. The lowest BCUT2D eigenvalue weighted by Gasteiger charge is -2.29. The van der Waals surface area contributed by atoms with E-state index in [1.807, 2.05) is 19.1 Å². The highest BCUT2D eigenvalue weighted by Gasteiger charge is 2.34. The number of fused-ring (bicyclic) bond motifs is 3. The largest absolute Gasteiger partial charge is 0.504 e. The van der Waals surface area contributed by atoms with Crippen molar-refractivity contribution in [2.75, 3.05) is 18.5 Å². The van der Waals surface area contributed by atoms with Gasteiger partial charge in [-0.3, -0.25) is 9.69 Å². The molecule has 5 rings (SSSR count). The first-order valence-electron chi connectivity index (χ1n) is 10.6. The first kappa shape index (κ1) is 19.9. The fourth-order valence-corrected chi connectivity index (χ4v) is 5.66. The predicted octanol–water partition coefficient (Wildman–Crippen LogP) is 4.26. The molecule has 3 heterocycles. The average molecular weight is 436 g/mol. The number of carbonyl (C=O) groups excluding carboxylic acids is 1. The monoisotopic (exact) mass is 435 g/mol. The Morgan fingerprint density at radius 2 is 2.00 bits per heavy atom. The Balaban J connectivity index is 1.39. The van der Waals surface area contributed by atoms with Gasteiger partial charge in [0.1, 0.15) is 11.2 Å². The van der Waals surface area contributed by atoms with Crippen molar-refractivity contribution in [1.29, 1.82) is 0 Å². The summed E-state index contributed by atoms with van der Waals surface area (Å²) in [6.07, 6.45) is 0.361. The molecule has 1 amide bonds. The number of thiophene rings is 1. The number of anilines is 1. The van der Waals surface area contributed by atoms with Gasteiger partial charge in [0.05, 0.1) is 12.2 Å². The van der Waals surface area contributed by atoms with Crippen molar-refractivity contribution in [1.82, 2.24) is 10.2 Å². The summed E-state index contributed by atoms with van der Waals surface area (Å²) in [6, 6.07) is 15.8. The standard InChI is InChI=1S/C24H25N3O3S/c1-2-30-18-10-6-9-17(21(18)28)22-25-23(29)20-16-11-12-27(13-15-7-4-3-5-8-15)14-19(16)31-24(20)26-22/h3-10,22,26,28H,2,11-14H2,1H3,(H,25,29)/t22-/m1/s1. The van der Waals surface area contributed by atoms with E-state index in [1.54, 1.807) is 23.5 Å². The van der Waals surface area contributed by atoms with E-state index in [2.05, 4.69) is 39.8 Å². The second kappa shape index (κ2) is 8.24. The van der Waals surface area contributed by atoms with Crippen LogP contribution in [0.5, 0.6) is 11.5 Å². The van der Waals surface area contributed by atoms with Gasteiger partial charge >= 0.3 is 0 Å². The summed E-state index contributed by atoms with van der Waals surface area (Å²) in [4.78, 5) is 16.7. The van der Waals surface area contributed by atoms with Crippen molar-refractivity contribution in [3.63, 3.8) is 0 Å². The Morgan fingerprint density at radius 1 is 1.16 bits per heavy atom. The molecule has 2 aliphatic rings. The molecule has 0 fully saturated rings. The molecule has 0 bridgehead atoms. The van der Waals surface area contributed by atoms with Crippen LogP contribution in [0, 0.1) is 0 Å². The molecule has 0 unspecified atom stereocenters. The first-order chi connectivity index (χ1) is 15.1. The minimum atomic E-state index is -0.499. The zero-order chi connectivity index (χ0) is 21.4. The SMILES string of the molecule is CCOc1cccc([C@@H]2NC(=O)c3c(sc4c3CCN(Cc3ccccc3)C4)N2)c1O. The van der Waals surface area contributed by atoms with E-state index in [9.17, 15) is 9.90 Å². The summed E-state index contributed by atoms with van der Waals surface area (Å²) < 4.78 is 5.50. The Bertz CT molecular complexity index is 1110. The summed E-state index contributed by atoms with van der Waals surface area (Å²) >= 11 is 1.65. The van der Waals surface area contributed by atoms with Gasteiger partial charge in [-0.05, 0) is 30.5 Å². The number of ether oxygens (including phenoxy) is 1. The number of nitrogens with one attached hydrogen (secondary N) is 2. The maximum atomic E-state index is 13.0. The van der Waals surface area contributed by atoms with E-state index in [-0.39, 0.29) is 11.7 Å². The molecular formula is C24H25N3O3S. The third kappa shape index (κ3) is 3.75. The lowest BCUT2D eigenvalue weighted by molar-refractivity contribution is 0.0934. The number of aromatic hydroxyl groups is 1. The third-order valence-electron chi connectivity index (χ3n) is 5.80. The molecule has 160 valence electrons. The van der Waals surface area contributed by atoms with Crippen molar-refractivity contribution in [2.45, 2.75) is 32.6 Å². The minimum Gasteiger partial charge on any atom is -0.504 e. The van der Waals surface area contributed by atoms with E-state index in [0.29, 0.717) is 17.9 Å². The topological polar surface area (TPSA) is 73.8 Å². The number of hydrogen-bond acceptors (Lipinski definition) is 6. The van der Waals surface area contributed by atoms with Gasteiger partial charge < -0.3 is 20.5 Å². The van der Waals surface area contributed by atoms with Crippen LogP contribution in [-0.2, 0) is 19.5 Å². The van der Waals surface area contributed by atoms with Crippen LogP contribution < -0.4 is 15.4 Å². The maximum Gasteiger partial charge on any atom is 0.256 e. The van der Waals surface area contributed by atoms with E-state index in [4.69, 9.17) is 4.74 Å². The number of rotatable bonds is 5. The van der Waals surface area contributed by atoms with Gasteiger partial charge in [0.15, 0.2) is 11.5 Å². The van der Waals surface area contributed by atoms with Gasteiger partial charge in [-0.25, -0.2) is 0 Å². The highest BCUT2D eigenvalue weighted by atomic mass is 32.1. The number of carbonyl (C=O) groups is 1. The number of phenols is 1. The number of hydrogen-bond donors (Lipinski definition) is 3. The Morgan fingerprint density at radius 3 is 2.81 bits per heavy atom. The van der Waals surface area contributed by atoms with Crippen molar-refractivity contribution in [3.8, 4) is 11.5 Å². The summed E-state index contributed by atoms with van der Waals surface area (Å²) in [5, 5.41) is 17.9. The highest BCUT2D eigenvalue weighted by Crippen LogP contribution is 2.43. The van der Waals surface area contributed by atoms with Crippen LogP contribution in [0.25, 0.3) is 0 Å². The van der Waals surface area contributed by atoms with Crippen LogP contribution >= 0.6 is 11.3 Å². The summed E-state index contributed by atoms with van der Waals surface area (Å²) in [7, 11) is 0. The van der Waals surface area contributed by atoms with E-state index >= 15 is 0 Å². The summed E-state index contributed by atoms with van der Waals surface area (Å²) in [5.41, 5.74) is 3.81. The van der Waals surface area contributed by atoms with Gasteiger partial charge in [-0.2, -0.15) is 0 Å². The van der Waals surface area contributed by atoms with Crippen LogP contribution in [0.2, 0.25) is 0 Å². The van der Waals surface area contributed by atoms with Crippen molar-refractivity contribution < 1.29 is 14.6 Å². The van der Waals surface area contributed by atoms with Crippen LogP contribution in [0.3, 0.4) is 0 Å². The molecule has 0 spiro atoms. The van der Waals surface area contributed by atoms with E-state index in [0.717, 1.165) is 42.2 Å². The molecule has 0 aliphatic carbocycles. The second-order valence-electron chi connectivity index (χ2n) is 7.83. The smallest absolute Gasteiger partial charge is 0.256 e. The molecule has 1 aromatic heterocycles. The fraction of sp³-hybridized carbons (Fsp3) is 0.292. The van der Waals surface area contributed by atoms with Crippen LogP contribution in [0.1, 0.15) is 45.0 Å². The minimum absolute atomic E-state index is 0.0564. The number of nitrogens with zero attached hydrogens (tertiary/aromatic N) is 1. The molecular weight excluding hydrogens is 410 g/mol. The Hall–Kier alpha value is -3.03. The van der Waals surface area contributed by atoms with E-state index < -0.39 is 6.17 Å². The molecule has 0 saturated carbocycles. The average Bonchev–Trinajstić information content (AvgIpc) is 3.14. The third-order valence-corrected chi connectivity index (χ3v) is 6.95. The fourth-order valence-electron chi connectivity index (χ4n) is 4.35. The zero-order valence-electron chi connectivity index (χ0n) is 17.4. The number of phenolic OH excluding ortho intramolecular Hbond substituents is 1. The molecule has 3 N–H and O–H groups in total. The zero-order valence-corrected chi connectivity index (χ0v) is 18.2. The Labute approximate surface area is 185 Å². The molecule has 7 heteroatoms. The van der Waals surface area contributed by atoms with E-state index in [1.165, 1.54) is 10.4 Å². The van der Waals surface area contributed by atoms with Gasteiger partial charge in [-0.1, -0.05) is 42.5 Å². The molecule has 31 heavy (non-hydrogen) atoms. The quantitative estimate of drug-likeness (QED) is 0.558. The number of amides is 1. The molecule has 0 saturated heterocycles. The first-order valence-corrected chi connectivity index (χ1v) is 11.4. The molecule has 6 nitrogen and oxygen atoms in total. The van der Waals surface area contributed by atoms with Crippen molar-refractivity contribution in [3.05, 3.63) is 75.7 Å². The highest BCUT2D eigenvalue weighted by molar-refractivity contribution is 7.16. The molecule has 0 radical (unpaired) electrons. The molecule has 3 aromatic rings. The second-order valence-corrected chi connectivity index (χ2v) is 8.94. The van der Waals surface area contributed by atoms with Crippen LogP contribution in [0.15, 0.2) is 48.5 Å². The van der Waals surface area contributed by atoms with Crippen LogP contribution in [0.4, 0.5) is 5.00 Å². The van der Waals surface area contributed by atoms with Gasteiger partial charge in [0, 0.05) is 30.1 Å². The van der Waals surface area contributed by atoms with Gasteiger partial charge in [-0.15, -0.1) is 11.3 Å². The lowest BCUT2D eigenvalue weighted by atomic mass is 9.99. The predicted molar refractivity (Wildman–Crippen MR) is 122 cm³/mol. The van der Waals surface area contributed by atoms with Crippen LogP contribution in [-0.4, -0.2) is 29.1 Å². The number of benzene rings is 2. The maximum absolute atomic E-state index is 13.0. The lowest BCUT2D eigenvalue weighted by Crippen LogP contribution is -2.38. The molecule has 1 atom stereocenters. The molecule has 2 aromatic carbocycles. The Kier molecular flexibility index (Phi) is 5.29. The van der Waals surface area contributed by atoms with Crippen molar-refractivity contribution in [2.24, 2.45) is 0 Å². The molecule has 2 aliphatic heterocycles. The summed E-state index contributed by atoms with van der Waals surface area (Å²) in [6.45, 7) is 5.01. The van der Waals surface area contributed by atoms with Gasteiger partial charge in [0.2, 0.25) is 0 Å². The summed E-state index contributed by atoms with van der Waals surface area (Å²) in [5.74, 6) is 0.388. The normalized spacial score (nSPS) is 18.0. The van der Waals surface area contributed by atoms with Crippen molar-refractivity contribution >= 4 is 22.2 Å².